The lowest BCUT2D eigenvalue weighted by Crippen LogP contribution is -2.15. The Kier molecular flexibility index (Phi) is 22.5. The summed E-state index contributed by atoms with van der Waals surface area (Å²) in [5.41, 5.74) is 26.2. The highest BCUT2D eigenvalue weighted by molar-refractivity contribution is 5.99. The standard InChI is InChI=1S/C42H30FN3.2C41H26FN3/c1-42(2)37-25-32(19-23-35(37)36-24-20-33(26-38(36)42)28-17-21-34(43)22-18-28)27-13-15-31(16-14-27)41-45-39(29-9-5-3-6-10-29)44-40(46-41)30-11-7-4-8-12-30;42-34-25-23-30(24-26-34)28-17-15-27(16-18-28)29-19-21-33(22-20-29)39-43-40(37-13-5-9-31-7-1-3-11-35(31)37)45-41(44-39)38-14-6-10-32-8-2-4-12-36(32)38;42-38-23-21-32(22-24-38)30-11-9-29(10-12-30)31-13-17-33(18-14-31)39-43-40(36-19-15-27-5-1-3-7-34(27)25-36)45-41(44-39)37-20-16-28-6-2-4-8-35(28)26-37/h3-26H,1-2H3;2*1-26H. The van der Waals surface area contributed by atoms with Gasteiger partial charge in [-0.05, 0) is 193 Å². The molecule has 12 heteroatoms. The Labute approximate surface area is 785 Å². The highest BCUT2D eigenvalue weighted by Crippen LogP contribution is 2.51. The van der Waals surface area contributed by atoms with Gasteiger partial charge in [-0.3, -0.25) is 0 Å². The number of halogens is 3. The van der Waals surface area contributed by atoms with Gasteiger partial charge in [-0.15, -0.1) is 0 Å². The van der Waals surface area contributed by atoms with E-state index in [0.29, 0.717) is 52.4 Å². The summed E-state index contributed by atoms with van der Waals surface area (Å²) in [6, 6.07) is 153. The Balaban J connectivity index is 0.000000118. The predicted molar refractivity (Wildman–Crippen MR) is 548 cm³/mol. The van der Waals surface area contributed by atoms with Gasteiger partial charge in [0.1, 0.15) is 17.5 Å². The van der Waals surface area contributed by atoms with Gasteiger partial charge in [-0.25, -0.2) is 58.0 Å². The molecule has 20 aromatic carbocycles. The largest absolute Gasteiger partial charge is 0.208 e. The highest BCUT2D eigenvalue weighted by Gasteiger charge is 2.36. The number of rotatable bonds is 15. The van der Waals surface area contributed by atoms with Crippen LogP contribution in [0.3, 0.4) is 0 Å². The van der Waals surface area contributed by atoms with Crippen molar-refractivity contribution in [2.75, 3.05) is 0 Å². The Morgan fingerprint density at radius 3 is 0.676 bits per heavy atom. The van der Waals surface area contributed by atoms with Crippen molar-refractivity contribution in [1.82, 2.24) is 44.9 Å². The lowest BCUT2D eigenvalue weighted by Gasteiger charge is -2.22. The van der Waals surface area contributed by atoms with E-state index >= 15 is 0 Å². The first-order chi connectivity index (χ1) is 66.8. The molecule has 0 radical (unpaired) electrons. The Morgan fingerprint density at radius 2 is 0.360 bits per heavy atom. The third-order valence-electron chi connectivity index (χ3n) is 25.5. The monoisotopic (exact) mass is 1750 g/mol. The molecular weight excluding hydrogens is 1670 g/mol. The van der Waals surface area contributed by atoms with Gasteiger partial charge in [-0.2, -0.15) is 0 Å². The molecule has 0 amide bonds. The van der Waals surface area contributed by atoms with Crippen LogP contribution in [0.25, 0.3) is 223 Å². The summed E-state index contributed by atoms with van der Waals surface area (Å²) in [6.07, 6.45) is 0. The van der Waals surface area contributed by atoms with Crippen LogP contribution in [-0.4, -0.2) is 44.9 Å². The fourth-order valence-electron chi connectivity index (χ4n) is 18.1. The van der Waals surface area contributed by atoms with Gasteiger partial charge in [0.05, 0.1) is 0 Å². The van der Waals surface area contributed by atoms with Crippen LogP contribution in [0.15, 0.2) is 461 Å². The molecule has 1 aliphatic rings. The number of hydrogen-bond acceptors (Lipinski definition) is 9. The maximum atomic E-state index is 13.6. The molecular formula is C124H82F3N9. The zero-order valence-electron chi connectivity index (χ0n) is 74.0. The minimum atomic E-state index is -0.234. The molecule has 0 aliphatic heterocycles. The van der Waals surface area contributed by atoms with E-state index in [1.54, 1.807) is 24.3 Å². The molecule has 3 aromatic heterocycles. The number of fused-ring (bicyclic) bond motifs is 7. The summed E-state index contributed by atoms with van der Waals surface area (Å²) in [4.78, 5) is 44.6. The van der Waals surface area contributed by atoms with Gasteiger partial charge >= 0.3 is 0 Å². The average Bonchev–Trinajstić information content (AvgIpc) is 1.58. The maximum absolute atomic E-state index is 13.6. The third-order valence-corrected chi connectivity index (χ3v) is 25.5. The third kappa shape index (κ3) is 17.4. The van der Waals surface area contributed by atoms with Gasteiger partial charge in [0, 0.05) is 55.5 Å². The molecule has 3 heterocycles. The molecule has 0 atom stereocenters. The van der Waals surface area contributed by atoms with Crippen LogP contribution in [0.5, 0.6) is 0 Å². The topological polar surface area (TPSA) is 116 Å². The number of aromatic nitrogens is 9. The zero-order chi connectivity index (χ0) is 91.6. The van der Waals surface area contributed by atoms with Crippen LogP contribution < -0.4 is 0 Å². The van der Waals surface area contributed by atoms with E-state index in [9.17, 15) is 13.2 Å². The van der Waals surface area contributed by atoms with E-state index < -0.39 is 0 Å². The first kappa shape index (κ1) is 83.8. The van der Waals surface area contributed by atoms with Crippen LogP contribution in [0.2, 0.25) is 0 Å². The number of nitrogens with zero attached hydrogens (tertiary/aromatic N) is 9. The molecule has 136 heavy (non-hydrogen) atoms. The van der Waals surface area contributed by atoms with Crippen molar-refractivity contribution in [3.8, 4) is 180 Å². The molecule has 0 spiro atoms. The zero-order valence-corrected chi connectivity index (χ0v) is 74.0. The lowest BCUT2D eigenvalue weighted by atomic mass is 9.81. The lowest BCUT2D eigenvalue weighted by molar-refractivity contribution is 0.627. The number of benzene rings is 20. The molecule has 0 unspecified atom stereocenters. The maximum Gasteiger partial charge on any atom is 0.164 e. The van der Waals surface area contributed by atoms with Crippen LogP contribution in [0.1, 0.15) is 25.0 Å². The molecule has 0 saturated heterocycles. The van der Waals surface area contributed by atoms with Crippen molar-refractivity contribution in [2.45, 2.75) is 19.3 Å². The first-order valence-corrected chi connectivity index (χ1v) is 45.2. The quantitative estimate of drug-likeness (QED) is 0.0989. The summed E-state index contributed by atoms with van der Waals surface area (Å²) in [6.45, 7) is 4.57. The molecule has 1 aliphatic carbocycles. The van der Waals surface area contributed by atoms with E-state index in [1.165, 1.54) is 69.4 Å². The van der Waals surface area contributed by atoms with Gasteiger partial charge < -0.3 is 0 Å². The van der Waals surface area contributed by atoms with Crippen LogP contribution in [0, 0.1) is 17.5 Å². The second-order valence-corrected chi connectivity index (χ2v) is 34.4. The SMILES string of the molecule is CC1(C)c2cc(-c3ccc(F)cc3)ccc2-c2ccc(-c3ccc(-c4nc(-c5ccccc5)nc(-c5ccccc5)n4)cc3)cc21.Fc1ccc(-c2ccc(-c3ccc(-c4nc(-c5ccc6ccccc6c5)nc(-c5ccc6ccccc6c5)n4)cc3)cc2)cc1.Fc1ccc(-c2ccc(-c3ccc(-c4nc(-c5cccc6ccccc56)nc(-c5cccc6ccccc56)n4)cc3)cc2)cc1. The second-order valence-electron chi connectivity index (χ2n) is 34.4. The summed E-state index contributed by atoms with van der Waals surface area (Å²) in [7, 11) is 0. The van der Waals surface area contributed by atoms with E-state index in [-0.39, 0.29) is 22.9 Å². The minimum Gasteiger partial charge on any atom is -0.208 e. The molecule has 9 nitrogen and oxygen atoms in total. The van der Waals surface area contributed by atoms with Gasteiger partial charge in [0.2, 0.25) is 0 Å². The predicted octanol–water partition coefficient (Wildman–Crippen LogP) is 32.0. The summed E-state index contributed by atoms with van der Waals surface area (Å²) in [5, 5.41) is 9.09. The Hall–Kier alpha value is -17.7. The minimum absolute atomic E-state index is 0.177. The second kappa shape index (κ2) is 36.5. The van der Waals surface area contributed by atoms with E-state index in [2.05, 4.69) is 293 Å². The highest BCUT2D eigenvalue weighted by atomic mass is 19.1. The Bertz CT molecular complexity index is 8130. The van der Waals surface area contributed by atoms with Gasteiger partial charge in [-0.1, -0.05) is 414 Å². The van der Waals surface area contributed by atoms with Crippen molar-refractivity contribution in [3.63, 3.8) is 0 Å². The van der Waals surface area contributed by atoms with E-state index in [0.717, 1.165) is 149 Å². The fourth-order valence-corrected chi connectivity index (χ4v) is 18.1. The van der Waals surface area contributed by atoms with Crippen molar-refractivity contribution in [1.29, 1.82) is 0 Å². The van der Waals surface area contributed by atoms with Gasteiger partial charge in [0.25, 0.3) is 0 Å². The van der Waals surface area contributed by atoms with Crippen molar-refractivity contribution >= 4 is 43.1 Å². The average molecular weight is 1760 g/mol. The van der Waals surface area contributed by atoms with Crippen LogP contribution >= 0.6 is 0 Å². The Morgan fingerprint density at radius 1 is 0.147 bits per heavy atom. The molecule has 644 valence electrons. The van der Waals surface area contributed by atoms with Gasteiger partial charge in [0.15, 0.2) is 52.4 Å². The normalized spacial score (nSPS) is 11.8. The van der Waals surface area contributed by atoms with E-state index in [4.69, 9.17) is 44.9 Å². The van der Waals surface area contributed by atoms with Crippen LogP contribution in [-0.2, 0) is 5.41 Å². The smallest absolute Gasteiger partial charge is 0.164 e. The van der Waals surface area contributed by atoms with Crippen molar-refractivity contribution in [3.05, 3.63) is 490 Å². The summed E-state index contributed by atoms with van der Waals surface area (Å²) in [5.74, 6) is 5.03. The number of hydrogen-bond donors (Lipinski definition) is 0. The van der Waals surface area contributed by atoms with Crippen LogP contribution in [0.4, 0.5) is 13.2 Å². The summed E-state index contributed by atoms with van der Waals surface area (Å²) >= 11 is 0. The molecule has 0 fully saturated rings. The van der Waals surface area contributed by atoms with Crippen molar-refractivity contribution in [2.24, 2.45) is 0 Å². The van der Waals surface area contributed by atoms with Crippen molar-refractivity contribution < 1.29 is 13.2 Å². The van der Waals surface area contributed by atoms with E-state index in [1.807, 2.05) is 121 Å². The fraction of sp³-hybridized carbons (Fsp3) is 0.0242. The summed E-state index contributed by atoms with van der Waals surface area (Å²) < 4.78 is 40.3. The molecule has 0 saturated carbocycles. The molecule has 23 aromatic rings. The molecule has 24 rings (SSSR count). The molecule has 0 bridgehead atoms. The molecule has 0 N–H and O–H groups in total. The first-order valence-electron chi connectivity index (χ1n) is 45.2.